The van der Waals surface area contributed by atoms with E-state index >= 15 is 0 Å². The van der Waals surface area contributed by atoms with Crippen LogP contribution < -0.4 is 9.88 Å². The molecule has 178 valence electrons. The summed E-state index contributed by atoms with van der Waals surface area (Å²) in [6.45, 7) is 3.12. The van der Waals surface area contributed by atoms with Crippen molar-refractivity contribution in [3.05, 3.63) is 66.0 Å². The minimum Gasteiger partial charge on any atom is -0.426 e. The molecule has 10 heteroatoms. The first-order valence-corrected chi connectivity index (χ1v) is 11.7. The number of carbonyl (C=O) groups is 4. The van der Waals surface area contributed by atoms with Gasteiger partial charge in [-0.15, -0.1) is 11.8 Å². The molecule has 1 aromatic heterocycles. The summed E-state index contributed by atoms with van der Waals surface area (Å²) < 4.78 is 11.3. The number of amides is 2. The van der Waals surface area contributed by atoms with Gasteiger partial charge in [0.25, 0.3) is 0 Å². The third-order valence-corrected chi connectivity index (χ3v) is 7.33. The Balaban J connectivity index is 1.32. The van der Waals surface area contributed by atoms with E-state index in [1.54, 1.807) is 36.1 Å². The van der Waals surface area contributed by atoms with E-state index in [2.05, 4.69) is 5.32 Å². The number of thioether (sulfide) groups is 1. The fourth-order valence-electron chi connectivity index (χ4n) is 4.14. The van der Waals surface area contributed by atoms with Crippen LogP contribution in [0.25, 0.3) is 0 Å². The Morgan fingerprint density at radius 3 is 2.56 bits per heavy atom. The van der Waals surface area contributed by atoms with Crippen LogP contribution in [0.3, 0.4) is 0 Å². The Labute approximate surface area is 201 Å². The van der Waals surface area contributed by atoms with Gasteiger partial charge in [0.2, 0.25) is 18.6 Å². The Bertz CT molecular complexity index is 1120. The van der Waals surface area contributed by atoms with E-state index in [4.69, 9.17) is 9.47 Å². The van der Waals surface area contributed by atoms with Gasteiger partial charge >= 0.3 is 11.9 Å². The molecular formula is C24H26N3O6S+. The lowest BCUT2D eigenvalue weighted by atomic mass is 9.96. The van der Waals surface area contributed by atoms with Gasteiger partial charge in [0.15, 0.2) is 12.4 Å². The van der Waals surface area contributed by atoms with Gasteiger partial charge in [0.1, 0.15) is 30.1 Å². The predicted molar refractivity (Wildman–Crippen MR) is 122 cm³/mol. The molecule has 2 saturated heterocycles. The first-order chi connectivity index (χ1) is 16.2. The maximum absolute atomic E-state index is 12.8. The van der Waals surface area contributed by atoms with Crippen LogP contribution >= 0.6 is 11.8 Å². The van der Waals surface area contributed by atoms with Crippen molar-refractivity contribution in [1.29, 1.82) is 0 Å². The van der Waals surface area contributed by atoms with E-state index in [1.165, 1.54) is 16.7 Å². The highest BCUT2D eigenvalue weighted by molar-refractivity contribution is 8.01. The lowest BCUT2D eigenvalue weighted by Gasteiger charge is -2.43. The van der Waals surface area contributed by atoms with Crippen LogP contribution in [0.1, 0.15) is 29.8 Å². The number of fused-ring (bicyclic) bond motifs is 1. The molecule has 3 heterocycles. The van der Waals surface area contributed by atoms with E-state index < -0.39 is 35.6 Å². The summed E-state index contributed by atoms with van der Waals surface area (Å²) in [6.07, 6.45) is 3.53. The SMILES string of the molecule is C[n+]1cccc(C(=O)OCOC(=O)[C@H]2N3C(=O)[C@H](NC(=O)Cc4ccccc4)[C@@H]3SC2(C)C)c1. The summed E-state index contributed by atoms with van der Waals surface area (Å²) >= 11 is 1.43. The van der Waals surface area contributed by atoms with Gasteiger partial charge in [-0.2, -0.15) is 0 Å². The largest absolute Gasteiger partial charge is 0.426 e. The molecule has 2 aromatic rings. The highest BCUT2D eigenvalue weighted by Crippen LogP contribution is 2.51. The van der Waals surface area contributed by atoms with E-state index in [1.807, 2.05) is 44.2 Å². The number of benzene rings is 1. The van der Waals surface area contributed by atoms with Crippen molar-refractivity contribution in [2.45, 2.75) is 42.5 Å². The summed E-state index contributed by atoms with van der Waals surface area (Å²) in [5.74, 6) is -1.87. The molecule has 0 spiro atoms. The molecule has 34 heavy (non-hydrogen) atoms. The Hall–Kier alpha value is -3.40. The first-order valence-electron chi connectivity index (χ1n) is 10.8. The van der Waals surface area contributed by atoms with Crippen molar-refractivity contribution in [2.75, 3.05) is 6.79 Å². The summed E-state index contributed by atoms with van der Waals surface area (Å²) in [5, 5.41) is 2.42. The van der Waals surface area contributed by atoms with Gasteiger partial charge in [-0.1, -0.05) is 30.3 Å². The molecule has 2 amide bonds. The van der Waals surface area contributed by atoms with E-state index in [-0.39, 0.29) is 23.6 Å². The number of carbonyl (C=O) groups excluding carboxylic acids is 4. The normalized spacial score (nSPS) is 22.4. The summed E-state index contributed by atoms with van der Waals surface area (Å²) in [7, 11) is 1.77. The lowest BCUT2D eigenvalue weighted by Crippen LogP contribution is -2.70. The van der Waals surface area contributed by atoms with Crippen LogP contribution in [-0.2, 0) is 37.3 Å². The minimum absolute atomic E-state index is 0.168. The van der Waals surface area contributed by atoms with E-state index in [0.29, 0.717) is 5.56 Å². The molecule has 1 aromatic carbocycles. The number of aryl methyl sites for hydroxylation is 1. The number of ether oxygens (including phenoxy) is 2. The summed E-state index contributed by atoms with van der Waals surface area (Å²) in [5.41, 5.74) is 1.17. The molecule has 0 bridgehead atoms. The molecule has 0 saturated carbocycles. The molecule has 0 aliphatic carbocycles. The maximum atomic E-state index is 12.8. The van der Waals surface area contributed by atoms with Gasteiger partial charge in [-0.05, 0) is 25.5 Å². The van der Waals surface area contributed by atoms with Gasteiger partial charge in [-0.25, -0.2) is 14.2 Å². The lowest BCUT2D eigenvalue weighted by molar-refractivity contribution is -0.671. The Morgan fingerprint density at radius 2 is 1.85 bits per heavy atom. The molecule has 2 aliphatic heterocycles. The summed E-state index contributed by atoms with van der Waals surface area (Å²) in [6, 6.07) is 11.0. The third kappa shape index (κ3) is 4.77. The van der Waals surface area contributed by atoms with Crippen molar-refractivity contribution in [2.24, 2.45) is 7.05 Å². The Morgan fingerprint density at radius 1 is 1.12 bits per heavy atom. The predicted octanol–water partition coefficient (Wildman–Crippen LogP) is 0.958. The average molecular weight is 485 g/mol. The monoisotopic (exact) mass is 484 g/mol. The van der Waals surface area contributed by atoms with Crippen LogP contribution in [0, 0.1) is 0 Å². The summed E-state index contributed by atoms with van der Waals surface area (Å²) in [4.78, 5) is 51.7. The second-order valence-corrected chi connectivity index (χ2v) is 10.5. The zero-order valence-electron chi connectivity index (χ0n) is 19.1. The number of hydrogen-bond acceptors (Lipinski definition) is 7. The van der Waals surface area contributed by atoms with Gasteiger partial charge < -0.3 is 19.7 Å². The number of esters is 2. The number of hydrogen-bond donors (Lipinski definition) is 1. The molecule has 2 aliphatic rings. The molecule has 4 rings (SSSR count). The first kappa shape index (κ1) is 23.7. The van der Waals surface area contributed by atoms with Crippen molar-refractivity contribution in [3.8, 4) is 0 Å². The van der Waals surface area contributed by atoms with E-state index in [9.17, 15) is 19.2 Å². The Kier molecular flexibility index (Phi) is 6.60. The number of pyridine rings is 1. The number of aromatic nitrogens is 1. The fraction of sp³-hybridized carbons (Fsp3) is 0.375. The minimum atomic E-state index is -0.856. The van der Waals surface area contributed by atoms with Crippen molar-refractivity contribution in [1.82, 2.24) is 10.2 Å². The van der Waals surface area contributed by atoms with Crippen LogP contribution in [0.5, 0.6) is 0 Å². The quantitative estimate of drug-likeness (QED) is 0.270. The smallest absolute Gasteiger partial charge is 0.347 e. The highest BCUT2D eigenvalue weighted by Gasteiger charge is 2.64. The van der Waals surface area contributed by atoms with Gasteiger partial charge in [0.05, 0.1) is 6.42 Å². The van der Waals surface area contributed by atoms with Crippen LogP contribution in [0.15, 0.2) is 54.9 Å². The second-order valence-electron chi connectivity index (χ2n) is 8.74. The molecule has 0 radical (unpaired) electrons. The van der Waals surface area contributed by atoms with Gasteiger partial charge in [0, 0.05) is 10.8 Å². The number of nitrogens with one attached hydrogen (secondary N) is 1. The fourth-order valence-corrected chi connectivity index (χ4v) is 5.76. The number of rotatable bonds is 7. The molecule has 0 unspecified atom stereocenters. The van der Waals surface area contributed by atoms with E-state index in [0.717, 1.165) is 5.56 Å². The second kappa shape index (κ2) is 9.46. The number of β-lactam (4-membered cyclic amide) rings is 1. The molecular weight excluding hydrogens is 458 g/mol. The maximum Gasteiger partial charge on any atom is 0.347 e. The average Bonchev–Trinajstić information content (AvgIpc) is 3.05. The zero-order chi connectivity index (χ0) is 24.5. The van der Waals surface area contributed by atoms with Crippen LogP contribution in [0.2, 0.25) is 0 Å². The van der Waals surface area contributed by atoms with Crippen LogP contribution in [-0.4, -0.2) is 57.7 Å². The van der Waals surface area contributed by atoms with Crippen molar-refractivity contribution in [3.63, 3.8) is 0 Å². The molecule has 3 atom stereocenters. The topological polar surface area (TPSA) is 106 Å². The molecule has 9 nitrogen and oxygen atoms in total. The highest BCUT2D eigenvalue weighted by atomic mass is 32.2. The molecule has 1 N–H and O–H groups in total. The zero-order valence-corrected chi connectivity index (χ0v) is 19.9. The number of nitrogens with zero attached hydrogens (tertiary/aromatic N) is 2. The van der Waals surface area contributed by atoms with Gasteiger partial charge in [-0.3, -0.25) is 9.59 Å². The van der Waals surface area contributed by atoms with Crippen LogP contribution in [0.4, 0.5) is 0 Å². The molecule has 2 fully saturated rings. The third-order valence-electron chi connectivity index (χ3n) is 5.75. The van der Waals surface area contributed by atoms with Crippen molar-refractivity contribution < 1.29 is 33.2 Å². The standard InChI is InChI=1S/C24H25N3O6S/c1-24(2)19(23(31)33-14-32-22(30)16-10-7-11-26(3)13-16)27-20(29)18(21(27)34-24)25-17(28)12-15-8-5-4-6-9-15/h4-11,13,18-19,21H,12,14H2,1-3H3/p+1/t18-,19+,21-/m0/s1. The van der Waals surface area contributed by atoms with Crippen molar-refractivity contribution >= 4 is 35.5 Å².